The molecule has 2 rings (SSSR count). The summed E-state index contributed by atoms with van der Waals surface area (Å²) in [5, 5.41) is 3.54. The van der Waals surface area contributed by atoms with E-state index in [1.807, 2.05) is 45.0 Å². The predicted octanol–water partition coefficient (Wildman–Crippen LogP) is 1.40. The van der Waals surface area contributed by atoms with Crippen LogP contribution in [0.3, 0.4) is 0 Å². The Bertz CT molecular complexity index is 711. The van der Waals surface area contributed by atoms with E-state index in [4.69, 9.17) is 21.9 Å². The van der Waals surface area contributed by atoms with Gasteiger partial charge < -0.3 is 32.2 Å². The van der Waals surface area contributed by atoms with Crippen LogP contribution in [-0.2, 0) is 11.3 Å². The summed E-state index contributed by atoms with van der Waals surface area (Å²) in [5.74, 6) is -0.109. The third-order valence-electron chi connectivity index (χ3n) is 4.17. The molecule has 0 atom stereocenters. The molecule has 154 valence electrons. The lowest BCUT2D eigenvalue weighted by Crippen LogP contribution is -2.46. The van der Waals surface area contributed by atoms with E-state index in [1.54, 1.807) is 4.90 Å². The fraction of sp³-hybridized carbons (Fsp3) is 0.526. The second-order valence-electron chi connectivity index (χ2n) is 7.80. The molecule has 1 aliphatic rings. The first-order valence-electron chi connectivity index (χ1n) is 9.36. The Kier molecular flexibility index (Phi) is 7.22. The van der Waals surface area contributed by atoms with E-state index in [1.165, 1.54) is 0 Å². The van der Waals surface area contributed by atoms with E-state index in [9.17, 15) is 4.79 Å². The number of nitrogens with two attached hydrogens (primary N) is 3. The van der Waals surface area contributed by atoms with Crippen LogP contribution in [0.1, 0.15) is 39.2 Å². The smallest absolute Gasteiger partial charge is 0.410 e. The maximum Gasteiger partial charge on any atom is 0.410 e. The first-order valence-corrected chi connectivity index (χ1v) is 9.36. The van der Waals surface area contributed by atoms with Gasteiger partial charge >= 0.3 is 6.09 Å². The third-order valence-corrected chi connectivity index (χ3v) is 4.17. The summed E-state index contributed by atoms with van der Waals surface area (Å²) in [6.45, 7) is 7.78. The Balaban J connectivity index is 1.78. The Morgan fingerprint density at radius 1 is 1.18 bits per heavy atom. The maximum absolute atomic E-state index is 12.1. The quantitative estimate of drug-likeness (QED) is 0.452. The third kappa shape index (κ3) is 7.43. The molecule has 0 bridgehead atoms. The highest BCUT2D eigenvalue weighted by Crippen LogP contribution is 2.17. The fourth-order valence-corrected chi connectivity index (χ4v) is 2.83. The number of amides is 1. The van der Waals surface area contributed by atoms with Crippen LogP contribution in [0.2, 0.25) is 0 Å². The van der Waals surface area contributed by atoms with Gasteiger partial charge in [0.15, 0.2) is 5.96 Å². The zero-order valence-electron chi connectivity index (χ0n) is 16.8. The highest BCUT2D eigenvalue weighted by molar-refractivity contribution is 5.93. The minimum Gasteiger partial charge on any atom is -0.444 e. The molecule has 0 radical (unpaired) electrons. The number of carbonyl (C=O) groups excluding carboxylic acids is 1. The standard InChI is InChI=1S/C19H31N7O2/c1-19(2,3)28-18(27)26-10-8-14(9-11-26)23-12-13-4-6-15(7-5-13)24-17(22)25-16(20)21/h4-7,14,23H,8-12H2,1-3H3,(H6,20,21,22,24,25). The number of aliphatic imine (C=N–C) groups is 2. The van der Waals surface area contributed by atoms with Gasteiger partial charge in [0.25, 0.3) is 0 Å². The van der Waals surface area contributed by atoms with Gasteiger partial charge in [0, 0.05) is 25.7 Å². The molecular weight excluding hydrogens is 358 g/mol. The van der Waals surface area contributed by atoms with Crippen LogP contribution in [0.25, 0.3) is 0 Å². The van der Waals surface area contributed by atoms with Gasteiger partial charge in [-0.3, -0.25) is 0 Å². The van der Waals surface area contributed by atoms with Crippen molar-refractivity contribution in [3.63, 3.8) is 0 Å². The number of rotatable bonds is 4. The van der Waals surface area contributed by atoms with Gasteiger partial charge in [-0.15, -0.1) is 0 Å². The number of nitrogens with one attached hydrogen (secondary N) is 1. The van der Waals surface area contributed by atoms with Crippen molar-refractivity contribution in [3.8, 4) is 0 Å². The molecule has 1 aromatic carbocycles. The number of nitrogens with zero attached hydrogens (tertiary/aromatic N) is 3. The number of hydrogen-bond acceptors (Lipinski definition) is 4. The summed E-state index contributed by atoms with van der Waals surface area (Å²) in [6, 6.07) is 8.04. The van der Waals surface area contributed by atoms with Crippen molar-refractivity contribution in [1.82, 2.24) is 10.2 Å². The molecule has 0 saturated carbocycles. The zero-order valence-corrected chi connectivity index (χ0v) is 16.8. The van der Waals surface area contributed by atoms with Crippen molar-refractivity contribution in [2.45, 2.75) is 51.8 Å². The van der Waals surface area contributed by atoms with Crippen molar-refractivity contribution in [2.24, 2.45) is 27.2 Å². The lowest BCUT2D eigenvalue weighted by molar-refractivity contribution is 0.0198. The van der Waals surface area contributed by atoms with Gasteiger partial charge in [-0.05, 0) is 51.3 Å². The molecule has 0 unspecified atom stereocenters. The molecule has 28 heavy (non-hydrogen) atoms. The summed E-state index contributed by atoms with van der Waals surface area (Å²) in [4.78, 5) is 21.7. The number of hydrogen-bond donors (Lipinski definition) is 4. The Morgan fingerprint density at radius 3 is 2.32 bits per heavy atom. The number of carbonyl (C=O) groups is 1. The summed E-state index contributed by atoms with van der Waals surface area (Å²) < 4.78 is 5.43. The van der Waals surface area contributed by atoms with Crippen LogP contribution < -0.4 is 22.5 Å². The Labute approximate surface area is 166 Å². The van der Waals surface area contributed by atoms with Crippen LogP contribution in [0, 0.1) is 0 Å². The largest absolute Gasteiger partial charge is 0.444 e. The van der Waals surface area contributed by atoms with E-state index >= 15 is 0 Å². The van der Waals surface area contributed by atoms with Crippen molar-refractivity contribution in [2.75, 3.05) is 13.1 Å². The highest BCUT2D eigenvalue weighted by atomic mass is 16.6. The summed E-state index contributed by atoms with van der Waals surface area (Å²) in [6.07, 6.45) is 1.56. The molecule has 0 aromatic heterocycles. The first kappa shape index (κ1) is 21.5. The van der Waals surface area contributed by atoms with Crippen molar-refractivity contribution >= 4 is 23.7 Å². The molecule has 1 aliphatic heterocycles. The molecule has 1 heterocycles. The molecule has 7 N–H and O–H groups in total. The number of guanidine groups is 2. The number of piperidine rings is 1. The number of ether oxygens (including phenoxy) is 1. The topological polar surface area (TPSA) is 144 Å². The Hall–Kier alpha value is -2.81. The van der Waals surface area contributed by atoms with Crippen LogP contribution >= 0.6 is 0 Å². The molecule has 0 spiro atoms. The second kappa shape index (κ2) is 9.41. The lowest BCUT2D eigenvalue weighted by atomic mass is 10.0. The average Bonchev–Trinajstić information content (AvgIpc) is 2.59. The maximum atomic E-state index is 12.1. The van der Waals surface area contributed by atoms with E-state index in [0.29, 0.717) is 24.8 Å². The average molecular weight is 390 g/mol. The fourth-order valence-electron chi connectivity index (χ4n) is 2.83. The van der Waals surface area contributed by atoms with Gasteiger partial charge in [-0.2, -0.15) is 4.99 Å². The molecule has 1 aromatic rings. The molecule has 1 fully saturated rings. The van der Waals surface area contributed by atoms with Crippen LogP contribution in [0.4, 0.5) is 10.5 Å². The van der Waals surface area contributed by atoms with E-state index in [-0.39, 0.29) is 18.0 Å². The van der Waals surface area contributed by atoms with E-state index in [0.717, 1.165) is 24.9 Å². The molecule has 1 amide bonds. The van der Waals surface area contributed by atoms with E-state index < -0.39 is 5.60 Å². The van der Waals surface area contributed by atoms with Crippen molar-refractivity contribution < 1.29 is 9.53 Å². The Morgan fingerprint density at radius 2 is 1.79 bits per heavy atom. The zero-order chi connectivity index (χ0) is 20.7. The molecule has 9 heteroatoms. The minimum atomic E-state index is -0.462. The van der Waals surface area contributed by atoms with Crippen molar-refractivity contribution in [3.05, 3.63) is 29.8 Å². The second-order valence-corrected chi connectivity index (χ2v) is 7.80. The lowest BCUT2D eigenvalue weighted by Gasteiger charge is -2.33. The molecular formula is C19H31N7O2. The number of benzene rings is 1. The SMILES string of the molecule is CC(C)(C)OC(=O)N1CCC(NCc2ccc(N=C(N)N=C(N)N)cc2)CC1. The van der Waals surface area contributed by atoms with Gasteiger partial charge in [-0.1, -0.05) is 12.1 Å². The van der Waals surface area contributed by atoms with Crippen LogP contribution in [0.15, 0.2) is 34.3 Å². The monoisotopic (exact) mass is 389 g/mol. The summed E-state index contributed by atoms with van der Waals surface area (Å²) in [5.41, 5.74) is 17.5. The normalized spacial score (nSPS) is 16.0. The van der Waals surface area contributed by atoms with Crippen LogP contribution in [0.5, 0.6) is 0 Å². The first-order chi connectivity index (χ1) is 13.1. The minimum absolute atomic E-state index is 0.0163. The van der Waals surface area contributed by atoms with Gasteiger partial charge in [-0.25, -0.2) is 9.79 Å². The molecule has 0 aliphatic carbocycles. The number of likely N-dealkylation sites (tertiary alicyclic amines) is 1. The van der Waals surface area contributed by atoms with Gasteiger partial charge in [0.05, 0.1) is 5.69 Å². The predicted molar refractivity (Wildman–Crippen MR) is 111 cm³/mol. The molecule has 1 saturated heterocycles. The summed E-state index contributed by atoms with van der Waals surface area (Å²) >= 11 is 0. The van der Waals surface area contributed by atoms with Gasteiger partial charge in [0.1, 0.15) is 5.60 Å². The summed E-state index contributed by atoms with van der Waals surface area (Å²) in [7, 11) is 0. The van der Waals surface area contributed by atoms with Gasteiger partial charge in [0.2, 0.25) is 5.96 Å². The van der Waals surface area contributed by atoms with Crippen LogP contribution in [-0.4, -0.2) is 47.6 Å². The van der Waals surface area contributed by atoms with Crippen molar-refractivity contribution in [1.29, 1.82) is 0 Å². The molecule has 9 nitrogen and oxygen atoms in total. The van der Waals surface area contributed by atoms with E-state index in [2.05, 4.69) is 15.3 Å². The highest BCUT2D eigenvalue weighted by Gasteiger charge is 2.26.